The fourth-order valence-corrected chi connectivity index (χ4v) is 5.11. The molecular weight excluding hydrogens is 450 g/mol. The number of nitrogens with zero attached hydrogens (tertiary/aromatic N) is 4. The lowest BCUT2D eigenvalue weighted by Crippen LogP contribution is -2.42. The molecule has 1 fully saturated rings. The van der Waals surface area contributed by atoms with Crippen LogP contribution in [0.4, 0.5) is 14.5 Å². The van der Waals surface area contributed by atoms with Gasteiger partial charge in [0, 0.05) is 44.7 Å². The van der Waals surface area contributed by atoms with Gasteiger partial charge in [0.1, 0.15) is 0 Å². The normalized spacial score (nSPS) is 15.9. The Morgan fingerprint density at radius 1 is 1.06 bits per heavy atom. The van der Waals surface area contributed by atoms with Crippen LogP contribution >= 0.6 is 0 Å². The molecule has 0 saturated carbocycles. The molecule has 0 N–H and O–H groups in total. The first-order valence-corrected chi connectivity index (χ1v) is 11.9. The molecule has 33 heavy (non-hydrogen) atoms. The van der Waals surface area contributed by atoms with Gasteiger partial charge in [-0.2, -0.15) is 8.42 Å². The average Bonchev–Trinajstić information content (AvgIpc) is 3.25. The van der Waals surface area contributed by atoms with Gasteiger partial charge in [0.05, 0.1) is 18.6 Å². The highest BCUT2D eigenvalue weighted by atomic mass is 32.2. The number of aromatic nitrogens is 2. The second kappa shape index (κ2) is 8.93. The monoisotopic (exact) mass is 474 g/mol. The average molecular weight is 475 g/mol. The van der Waals surface area contributed by atoms with E-state index in [2.05, 4.69) is 4.98 Å². The molecule has 4 rings (SSSR count). The second-order valence-electron chi connectivity index (χ2n) is 8.07. The van der Waals surface area contributed by atoms with Crippen LogP contribution in [0.1, 0.15) is 28.8 Å². The minimum Gasteiger partial charge on any atom is -0.339 e. The van der Waals surface area contributed by atoms with Crippen molar-refractivity contribution in [2.75, 3.05) is 17.4 Å². The maximum absolute atomic E-state index is 13.4. The Kier molecular flexibility index (Phi) is 6.20. The fourth-order valence-electron chi connectivity index (χ4n) is 3.69. The Balaban J connectivity index is 1.61. The highest BCUT2D eigenvalue weighted by Gasteiger charge is 2.36. The number of carbonyl (C=O) groups is 1. The molecule has 0 unspecified atom stereocenters. The molecule has 1 aromatic heterocycles. The molecule has 0 spiro atoms. The zero-order valence-electron chi connectivity index (χ0n) is 18.1. The Hall–Kier alpha value is -3.27. The van der Waals surface area contributed by atoms with Crippen molar-refractivity contribution in [1.29, 1.82) is 0 Å². The molecule has 10 heteroatoms. The van der Waals surface area contributed by atoms with E-state index < -0.39 is 15.9 Å². The highest BCUT2D eigenvalue weighted by Crippen LogP contribution is 2.29. The summed E-state index contributed by atoms with van der Waals surface area (Å²) in [6.45, 7) is 0.0534. The van der Waals surface area contributed by atoms with E-state index in [1.54, 1.807) is 23.7 Å². The summed E-state index contributed by atoms with van der Waals surface area (Å²) >= 11 is 0. The van der Waals surface area contributed by atoms with E-state index in [4.69, 9.17) is 0 Å². The molecule has 174 valence electrons. The summed E-state index contributed by atoms with van der Waals surface area (Å²) in [5.74, 6) is -3.09. The SMILES string of the molecule is Cn1cnc(S(=O)(=O)N(Cc2ccccc2)c2ccc(C(=O)N3CCC(F)(F)CC3)cc2)c1. The van der Waals surface area contributed by atoms with E-state index in [1.165, 1.54) is 33.9 Å². The Bertz CT molecular complexity index is 1220. The van der Waals surface area contributed by atoms with Crippen LogP contribution in [-0.2, 0) is 23.6 Å². The van der Waals surface area contributed by atoms with Gasteiger partial charge in [-0.1, -0.05) is 30.3 Å². The van der Waals surface area contributed by atoms with Crippen LogP contribution in [0, 0.1) is 0 Å². The molecule has 1 aliphatic rings. The van der Waals surface area contributed by atoms with Crippen molar-refractivity contribution in [1.82, 2.24) is 14.5 Å². The summed E-state index contributed by atoms with van der Waals surface area (Å²) in [6.07, 6.45) is 2.13. The first-order chi connectivity index (χ1) is 15.7. The predicted molar refractivity (Wildman–Crippen MR) is 120 cm³/mol. The number of likely N-dealkylation sites (tertiary alicyclic amines) is 1. The van der Waals surface area contributed by atoms with Gasteiger partial charge in [-0.3, -0.25) is 9.10 Å². The van der Waals surface area contributed by atoms with Crippen LogP contribution in [0.15, 0.2) is 72.1 Å². The summed E-state index contributed by atoms with van der Waals surface area (Å²) in [6, 6.07) is 15.3. The van der Waals surface area contributed by atoms with E-state index in [0.717, 1.165) is 5.56 Å². The third-order valence-corrected chi connectivity index (χ3v) is 7.25. The van der Waals surface area contributed by atoms with Gasteiger partial charge in [0.25, 0.3) is 21.9 Å². The van der Waals surface area contributed by atoms with E-state index in [0.29, 0.717) is 11.3 Å². The van der Waals surface area contributed by atoms with Gasteiger partial charge in [0.15, 0.2) is 5.03 Å². The quantitative estimate of drug-likeness (QED) is 0.546. The van der Waals surface area contributed by atoms with E-state index in [-0.39, 0.29) is 43.4 Å². The zero-order chi connectivity index (χ0) is 23.6. The molecule has 2 heterocycles. The number of hydrogen-bond donors (Lipinski definition) is 0. The number of rotatable bonds is 6. The van der Waals surface area contributed by atoms with Gasteiger partial charge < -0.3 is 9.47 Å². The number of carbonyl (C=O) groups excluding carboxylic acids is 1. The van der Waals surface area contributed by atoms with Crippen molar-refractivity contribution in [3.05, 3.63) is 78.2 Å². The minimum absolute atomic E-state index is 0.0121. The fraction of sp³-hybridized carbons (Fsp3) is 0.304. The summed E-state index contributed by atoms with van der Waals surface area (Å²) in [4.78, 5) is 18.1. The molecule has 0 atom stereocenters. The molecule has 0 bridgehead atoms. The van der Waals surface area contributed by atoms with Crippen molar-refractivity contribution >= 4 is 21.6 Å². The Morgan fingerprint density at radius 3 is 2.27 bits per heavy atom. The summed E-state index contributed by atoms with van der Waals surface area (Å²) < 4.78 is 56.4. The molecular formula is C23H24F2N4O3S. The second-order valence-corrected chi connectivity index (χ2v) is 9.88. The third kappa shape index (κ3) is 5.05. The van der Waals surface area contributed by atoms with Crippen LogP contribution in [-0.4, -0.2) is 47.8 Å². The number of piperidine rings is 1. The highest BCUT2D eigenvalue weighted by molar-refractivity contribution is 7.92. The molecule has 1 amide bonds. The summed E-state index contributed by atoms with van der Waals surface area (Å²) in [5, 5.41) is -0.0877. The lowest BCUT2D eigenvalue weighted by molar-refractivity contribution is -0.0494. The standard InChI is InChI=1S/C23H24F2N4O3S/c1-27-16-21(26-17-27)33(31,32)29(15-18-5-3-2-4-6-18)20-9-7-19(8-10-20)22(30)28-13-11-23(24,25)12-14-28/h2-10,16-17H,11-15H2,1H3. The number of alkyl halides is 2. The zero-order valence-corrected chi connectivity index (χ0v) is 18.9. The predicted octanol–water partition coefficient (Wildman–Crippen LogP) is 3.69. The maximum Gasteiger partial charge on any atom is 0.283 e. The summed E-state index contributed by atoms with van der Waals surface area (Å²) in [7, 11) is -2.29. The van der Waals surface area contributed by atoms with Crippen LogP contribution in [0.25, 0.3) is 0 Å². The number of halogens is 2. The van der Waals surface area contributed by atoms with Gasteiger partial charge in [-0.25, -0.2) is 13.8 Å². The number of benzene rings is 2. The van der Waals surface area contributed by atoms with Gasteiger partial charge >= 0.3 is 0 Å². The summed E-state index contributed by atoms with van der Waals surface area (Å²) in [5.41, 5.74) is 1.47. The van der Waals surface area contributed by atoms with Crippen molar-refractivity contribution in [2.24, 2.45) is 7.05 Å². The third-order valence-electron chi connectivity index (χ3n) is 5.59. The van der Waals surface area contributed by atoms with Crippen LogP contribution in [0.2, 0.25) is 0 Å². The molecule has 1 aliphatic heterocycles. The van der Waals surface area contributed by atoms with Crippen molar-refractivity contribution in [3.8, 4) is 0 Å². The number of sulfonamides is 1. The number of amides is 1. The van der Waals surface area contributed by atoms with Crippen LogP contribution < -0.4 is 4.31 Å². The largest absolute Gasteiger partial charge is 0.339 e. The lowest BCUT2D eigenvalue weighted by Gasteiger charge is -2.32. The number of imidazole rings is 1. The molecule has 0 radical (unpaired) electrons. The van der Waals surface area contributed by atoms with Crippen molar-refractivity contribution < 1.29 is 22.0 Å². The molecule has 2 aromatic carbocycles. The van der Waals surface area contributed by atoms with Crippen LogP contribution in [0.5, 0.6) is 0 Å². The smallest absolute Gasteiger partial charge is 0.283 e. The first kappa shape index (κ1) is 22.9. The molecule has 7 nitrogen and oxygen atoms in total. The Morgan fingerprint density at radius 2 is 1.70 bits per heavy atom. The topological polar surface area (TPSA) is 75.5 Å². The van der Waals surface area contributed by atoms with Gasteiger partial charge in [-0.15, -0.1) is 0 Å². The maximum atomic E-state index is 13.4. The molecule has 3 aromatic rings. The first-order valence-electron chi connectivity index (χ1n) is 10.5. The van der Waals surface area contributed by atoms with Gasteiger partial charge in [0.2, 0.25) is 0 Å². The van der Waals surface area contributed by atoms with E-state index >= 15 is 0 Å². The van der Waals surface area contributed by atoms with Gasteiger partial charge in [-0.05, 0) is 29.8 Å². The van der Waals surface area contributed by atoms with Crippen molar-refractivity contribution in [2.45, 2.75) is 30.3 Å². The number of anilines is 1. The number of hydrogen-bond acceptors (Lipinski definition) is 4. The minimum atomic E-state index is -3.98. The van der Waals surface area contributed by atoms with E-state index in [1.807, 2.05) is 30.3 Å². The molecule has 1 saturated heterocycles. The Labute approximate surface area is 191 Å². The lowest BCUT2D eigenvalue weighted by atomic mass is 10.1. The van der Waals surface area contributed by atoms with Crippen LogP contribution in [0.3, 0.4) is 0 Å². The van der Waals surface area contributed by atoms with Crippen molar-refractivity contribution in [3.63, 3.8) is 0 Å². The van der Waals surface area contributed by atoms with E-state index in [9.17, 15) is 22.0 Å². The molecule has 0 aliphatic carbocycles. The number of aryl methyl sites for hydroxylation is 1.